The first kappa shape index (κ1) is 22.3. The predicted octanol–water partition coefficient (Wildman–Crippen LogP) is 3.85. The van der Waals surface area contributed by atoms with Gasteiger partial charge >= 0.3 is 11.9 Å². The summed E-state index contributed by atoms with van der Waals surface area (Å²) in [6.45, 7) is 7.64. The molecule has 0 saturated carbocycles. The average molecular weight is 425 g/mol. The van der Waals surface area contributed by atoms with Gasteiger partial charge in [0.2, 0.25) is 0 Å². The fourth-order valence-corrected chi connectivity index (χ4v) is 3.19. The topological polar surface area (TPSA) is 92.5 Å². The molecule has 0 radical (unpaired) electrons. The predicted molar refractivity (Wildman–Crippen MR) is 115 cm³/mol. The highest BCUT2D eigenvalue weighted by atomic mass is 16.5. The standard InChI is InChI=1S/C23H27N3O5/c1-6-16-17(22(27)29-7-2)25-18-20(31-14(3)4)19(26(5)21(18)24-16)23(28)30-13-15-11-9-8-10-12-15/h8-12,14H,6-7,13H2,1-5H3. The number of rotatable bonds is 8. The van der Waals surface area contributed by atoms with Crippen molar-refractivity contribution in [3.05, 3.63) is 53.0 Å². The van der Waals surface area contributed by atoms with Crippen molar-refractivity contribution in [2.45, 2.75) is 46.8 Å². The highest BCUT2D eigenvalue weighted by Gasteiger charge is 2.29. The minimum atomic E-state index is -0.558. The summed E-state index contributed by atoms with van der Waals surface area (Å²) in [6, 6.07) is 9.41. The second kappa shape index (κ2) is 9.59. The molecule has 8 heteroatoms. The molecular formula is C23H27N3O5. The van der Waals surface area contributed by atoms with E-state index >= 15 is 0 Å². The van der Waals surface area contributed by atoms with Gasteiger partial charge in [0.1, 0.15) is 6.61 Å². The van der Waals surface area contributed by atoms with Gasteiger partial charge in [-0.3, -0.25) is 0 Å². The third-order valence-electron chi connectivity index (χ3n) is 4.60. The number of carbonyl (C=O) groups excluding carboxylic acids is 2. The maximum absolute atomic E-state index is 13.0. The lowest BCUT2D eigenvalue weighted by molar-refractivity contribution is 0.0454. The summed E-state index contributed by atoms with van der Waals surface area (Å²) in [5.74, 6) is -0.870. The molecule has 0 bridgehead atoms. The Balaban J connectivity index is 2.10. The first-order valence-electron chi connectivity index (χ1n) is 10.3. The molecule has 0 N–H and O–H groups in total. The summed E-state index contributed by atoms with van der Waals surface area (Å²) >= 11 is 0. The number of benzene rings is 1. The number of esters is 2. The Kier molecular flexibility index (Phi) is 6.89. The van der Waals surface area contributed by atoms with E-state index in [2.05, 4.69) is 9.97 Å². The molecule has 3 rings (SSSR count). The van der Waals surface area contributed by atoms with Gasteiger partial charge in [-0.05, 0) is 32.8 Å². The molecule has 2 aromatic heterocycles. The molecule has 0 fully saturated rings. The molecule has 0 aliphatic heterocycles. The van der Waals surface area contributed by atoms with Crippen molar-refractivity contribution in [1.29, 1.82) is 0 Å². The lowest BCUT2D eigenvalue weighted by Crippen LogP contribution is -2.14. The van der Waals surface area contributed by atoms with Crippen molar-refractivity contribution >= 4 is 23.1 Å². The normalized spacial score (nSPS) is 11.0. The van der Waals surface area contributed by atoms with Crippen LogP contribution in [0.4, 0.5) is 0 Å². The number of hydrogen-bond acceptors (Lipinski definition) is 7. The van der Waals surface area contributed by atoms with Crippen LogP contribution in [0.1, 0.15) is 59.9 Å². The number of hydrogen-bond donors (Lipinski definition) is 0. The Labute approximate surface area is 181 Å². The molecule has 2 heterocycles. The number of fused-ring (bicyclic) bond motifs is 1. The van der Waals surface area contributed by atoms with E-state index < -0.39 is 11.9 Å². The van der Waals surface area contributed by atoms with E-state index in [4.69, 9.17) is 14.2 Å². The van der Waals surface area contributed by atoms with Gasteiger partial charge in [-0.1, -0.05) is 37.3 Å². The minimum Gasteiger partial charge on any atom is -0.486 e. The van der Waals surface area contributed by atoms with Crippen LogP contribution in [0.15, 0.2) is 30.3 Å². The maximum atomic E-state index is 13.0. The third-order valence-corrected chi connectivity index (χ3v) is 4.60. The second-order valence-corrected chi connectivity index (χ2v) is 7.23. The van der Waals surface area contributed by atoms with Crippen LogP contribution in [0.25, 0.3) is 11.2 Å². The van der Waals surface area contributed by atoms with E-state index in [0.717, 1.165) is 5.56 Å². The summed E-state index contributed by atoms with van der Waals surface area (Å²) in [6.07, 6.45) is 0.251. The Morgan fingerprint density at radius 2 is 1.74 bits per heavy atom. The Morgan fingerprint density at radius 1 is 1.03 bits per heavy atom. The lowest BCUT2D eigenvalue weighted by atomic mass is 10.2. The van der Waals surface area contributed by atoms with Crippen LogP contribution >= 0.6 is 0 Å². The van der Waals surface area contributed by atoms with Gasteiger partial charge in [-0.25, -0.2) is 19.6 Å². The summed E-state index contributed by atoms with van der Waals surface area (Å²) in [7, 11) is 1.70. The maximum Gasteiger partial charge on any atom is 0.359 e. The average Bonchev–Trinajstić information content (AvgIpc) is 3.02. The highest BCUT2D eigenvalue weighted by molar-refractivity contribution is 6.00. The molecule has 0 amide bonds. The van der Waals surface area contributed by atoms with Crippen LogP contribution in [-0.4, -0.2) is 39.2 Å². The summed E-state index contributed by atoms with van der Waals surface area (Å²) in [5, 5.41) is 0. The fraction of sp³-hybridized carbons (Fsp3) is 0.391. The number of nitrogens with zero attached hydrogens (tertiary/aromatic N) is 3. The highest BCUT2D eigenvalue weighted by Crippen LogP contribution is 2.33. The van der Waals surface area contributed by atoms with Crippen molar-refractivity contribution in [3.63, 3.8) is 0 Å². The zero-order valence-corrected chi connectivity index (χ0v) is 18.5. The van der Waals surface area contributed by atoms with Gasteiger partial charge in [0.05, 0.1) is 18.4 Å². The van der Waals surface area contributed by atoms with Crippen molar-refractivity contribution in [2.24, 2.45) is 7.05 Å². The van der Waals surface area contributed by atoms with E-state index in [0.29, 0.717) is 23.3 Å². The molecule has 0 saturated heterocycles. The molecular weight excluding hydrogens is 398 g/mol. The Hall–Kier alpha value is -3.42. The quantitative estimate of drug-likeness (QED) is 0.506. The zero-order valence-electron chi connectivity index (χ0n) is 18.5. The SMILES string of the molecule is CCOC(=O)c1nc2c(OC(C)C)c(C(=O)OCc3ccccc3)n(C)c2nc1CC. The van der Waals surface area contributed by atoms with E-state index in [9.17, 15) is 9.59 Å². The summed E-state index contributed by atoms with van der Waals surface area (Å²) in [4.78, 5) is 34.5. The summed E-state index contributed by atoms with van der Waals surface area (Å²) < 4.78 is 18.2. The van der Waals surface area contributed by atoms with Gasteiger partial charge in [-0.15, -0.1) is 0 Å². The van der Waals surface area contributed by atoms with Crippen molar-refractivity contribution in [2.75, 3.05) is 6.61 Å². The molecule has 31 heavy (non-hydrogen) atoms. The molecule has 0 atom stereocenters. The fourth-order valence-electron chi connectivity index (χ4n) is 3.19. The van der Waals surface area contributed by atoms with Crippen LogP contribution in [0.5, 0.6) is 5.75 Å². The van der Waals surface area contributed by atoms with E-state index in [1.54, 1.807) is 18.5 Å². The van der Waals surface area contributed by atoms with Gasteiger partial charge in [0, 0.05) is 7.05 Å². The second-order valence-electron chi connectivity index (χ2n) is 7.23. The molecule has 3 aromatic rings. The van der Waals surface area contributed by atoms with Gasteiger partial charge in [0.25, 0.3) is 0 Å². The van der Waals surface area contributed by atoms with Crippen molar-refractivity contribution < 1.29 is 23.8 Å². The molecule has 1 aromatic carbocycles. The van der Waals surface area contributed by atoms with Crippen molar-refractivity contribution in [1.82, 2.24) is 14.5 Å². The number of aryl methyl sites for hydroxylation is 2. The van der Waals surface area contributed by atoms with E-state index in [1.807, 2.05) is 51.1 Å². The smallest absolute Gasteiger partial charge is 0.359 e. The van der Waals surface area contributed by atoms with Crippen LogP contribution in [0.2, 0.25) is 0 Å². The number of carbonyl (C=O) groups is 2. The third kappa shape index (κ3) is 4.68. The minimum absolute atomic E-state index is 0.122. The molecule has 0 spiro atoms. The molecule has 0 aliphatic rings. The largest absolute Gasteiger partial charge is 0.486 e. The molecule has 0 aliphatic carbocycles. The lowest BCUT2D eigenvalue weighted by Gasteiger charge is -2.12. The first-order valence-corrected chi connectivity index (χ1v) is 10.3. The van der Waals surface area contributed by atoms with Gasteiger partial charge in [0.15, 0.2) is 28.3 Å². The summed E-state index contributed by atoms with van der Waals surface area (Å²) in [5.41, 5.74) is 2.44. The number of ether oxygens (including phenoxy) is 3. The van der Waals surface area contributed by atoms with Crippen molar-refractivity contribution in [3.8, 4) is 5.75 Å². The number of aromatic nitrogens is 3. The van der Waals surface area contributed by atoms with Crippen LogP contribution in [-0.2, 0) is 29.5 Å². The Morgan fingerprint density at radius 3 is 2.35 bits per heavy atom. The Bertz CT molecular complexity index is 1090. The molecule has 8 nitrogen and oxygen atoms in total. The van der Waals surface area contributed by atoms with Gasteiger partial charge in [-0.2, -0.15) is 0 Å². The first-order chi connectivity index (χ1) is 14.9. The van der Waals surface area contributed by atoms with Crippen LogP contribution in [0.3, 0.4) is 0 Å². The molecule has 0 unspecified atom stereocenters. The monoisotopic (exact) mass is 425 g/mol. The molecule has 164 valence electrons. The van der Waals surface area contributed by atoms with Crippen LogP contribution in [0, 0.1) is 0 Å². The van der Waals surface area contributed by atoms with E-state index in [1.165, 1.54) is 0 Å². The van der Waals surface area contributed by atoms with E-state index in [-0.39, 0.29) is 36.5 Å². The van der Waals surface area contributed by atoms with Gasteiger partial charge < -0.3 is 18.8 Å². The van der Waals surface area contributed by atoms with Crippen LogP contribution < -0.4 is 4.74 Å². The zero-order chi connectivity index (χ0) is 22.5.